The Bertz CT molecular complexity index is 992. The smallest absolute Gasteiger partial charge is 0.250 e. The molecule has 2 aromatic carbocycles. The topological polar surface area (TPSA) is 64.4 Å². The molecule has 0 aliphatic carbocycles. The maximum absolute atomic E-state index is 13.5. The van der Waals surface area contributed by atoms with Crippen LogP contribution in [-0.2, 0) is 29.7 Å². The standard InChI is InChI=1S/C21H23N3O3S/c1-17-13-24-21(27-16-17)20(12-22-24)28(25,26)23(14-18-8-4-2-5-9-18)15-19-10-6-3-7-11-19/h2-12,17H,13-16H2,1H3. The van der Waals surface area contributed by atoms with Gasteiger partial charge in [0.2, 0.25) is 5.88 Å². The molecule has 0 N–H and O–H groups in total. The molecule has 146 valence electrons. The van der Waals surface area contributed by atoms with Gasteiger partial charge in [-0.2, -0.15) is 9.40 Å². The predicted molar refractivity (Wildman–Crippen MR) is 106 cm³/mol. The first-order valence-corrected chi connectivity index (χ1v) is 10.7. The van der Waals surface area contributed by atoms with Crippen LogP contribution in [0.25, 0.3) is 0 Å². The van der Waals surface area contributed by atoms with Crippen molar-refractivity contribution in [2.75, 3.05) is 6.61 Å². The lowest BCUT2D eigenvalue weighted by atomic mass is 10.2. The third kappa shape index (κ3) is 3.81. The van der Waals surface area contributed by atoms with Crippen LogP contribution >= 0.6 is 0 Å². The van der Waals surface area contributed by atoms with Crippen molar-refractivity contribution in [2.24, 2.45) is 5.92 Å². The molecule has 1 aromatic heterocycles. The van der Waals surface area contributed by atoms with Crippen molar-refractivity contribution in [1.29, 1.82) is 0 Å². The van der Waals surface area contributed by atoms with Crippen LogP contribution in [0.3, 0.4) is 0 Å². The number of nitrogens with zero attached hydrogens (tertiary/aromatic N) is 3. The normalized spacial score (nSPS) is 16.6. The van der Waals surface area contributed by atoms with Crippen LogP contribution in [0.5, 0.6) is 5.88 Å². The molecule has 7 heteroatoms. The molecule has 1 aliphatic heterocycles. The molecule has 0 fully saturated rings. The zero-order valence-electron chi connectivity index (χ0n) is 15.7. The summed E-state index contributed by atoms with van der Waals surface area (Å²) in [6.45, 7) is 3.75. The lowest BCUT2D eigenvalue weighted by molar-refractivity contribution is 0.170. The van der Waals surface area contributed by atoms with Gasteiger partial charge in [0, 0.05) is 19.0 Å². The molecule has 0 bridgehead atoms. The van der Waals surface area contributed by atoms with Gasteiger partial charge in [-0.1, -0.05) is 67.6 Å². The summed E-state index contributed by atoms with van der Waals surface area (Å²) in [5, 5.41) is 4.26. The van der Waals surface area contributed by atoms with Crippen molar-refractivity contribution in [1.82, 2.24) is 14.1 Å². The largest absolute Gasteiger partial charge is 0.477 e. The van der Waals surface area contributed by atoms with Crippen molar-refractivity contribution in [2.45, 2.75) is 31.5 Å². The molecular formula is C21H23N3O3S. The number of aromatic nitrogens is 2. The number of sulfonamides is 1. The molecule has 1 aliphatic rings. The minimum Gasteiger partial charge on any atom is -0.477 e. The van der Waals surface area contributed by atoms with Crippen LogP contribution in [0, 0.1) is 5.92 Å². The molecule has 0 radical (unpaired) electrons. The van der Waals surface area contributed by atoms with Gasteiger partial charge in [-0.3, -0.25) is 0 Å². The molecule has 0 spiro atoms. The lowest BCUT2D eigenvalue weighted by Crippen LogP contribution is -2.31. The van der Waals surface area contributed by atoms with Crippen molar-refractivity contribution in [3.63, 3.8) is 0 Å². The van der Waals surface area contributed by atoms with Gasteiger partial charge >= 0.3 is 0 Å². The van der Waals surface area contributed by atoms with Gasteiger partial charge in [-0.25, -0.2) is 13.1 Å². The van der Waals surface area contributed by atoms with Crippen LogP contribution < -0.4 is 4.74 Å². The highest BCUT2D eigenvalue weighted by Crippen LogP contribution is 2.31. The molecule has 1 atom stereocenters. The molecular weight excluding hydrogens is 374 g/mol. The fourth-order valence-corrected chi connectivity index (χ4v) is 4.80. The highest BCUT2D eigenvalue weighted by Gasteiger charge is 2.33. The Morgan fingerprint density at radius 3 is 2.18 bits per heavy atom. The lowest BCUT2D eigenvalue weighted by Gasteiger charge is -2.25. The molecule has 3 aromatic rings. The fourth-order valence-electron chi connectivity index (χ4n) is 3.32. The maximum atomic E-state index is 13.5. The van der Waals surface area contributed by atoms with Crippen LogP contribution in [-0.4, -0.2) is 29.1 Å². The summed E-state index contributed by atoms with van der Waals surface area (Å²) >= 11 is 0. The van der Waals surface area contributed by atoms with Gasteiger partial charge in [0.05, 0.1) is 19.3 Å². The van der Waals surface area contributed by atoms with E-state index in [1.165, 1.54) is 10.5 Å². The van der Waals surface area contributed by atoms with E-state index in [2.05, 4.69) is 12.0 Å². The van der Waals surface area contributed by atoms with E-state index in [9.17, 15) is 8.42 Å². The number of hydrogen-bond acceptors (Lipinski definition) is 4. The summed E-state index contributed by atoms with van der Waals surface area (Å²) in [6, 6.07) is 19.2. The van der Waals surface area contributed by atoms with E-state index in [0.29, 0.717) is 24.9 Å². The summed E-state index contributed by atoms with van der Waals surface area (Å²) in [7, 11) is -3.79. The van der Waals surface area contributed by atoms with Crippen LogP contribution in [0.1, 0.15) is 18.1 Å². The highest BCUT2D eigenvalue weighted by atomic mass is 32.2. The minimum absolute atomic E-state index is 0.131. The number of rotatable bonds is 6. The monoisotopic (exact) mass is 397 g/mol. The van der Waals surface area contributed by atoms with E-state index in [1.807, 2.05) is 60.7 Å². The zero-order chi connectivity index (χ0) is 19.6. The average molecular weight is 398 g/mol. The minimum atomic E-state index is -3.79. The molecule has 2 heterocycles. The first-order valence-electron chi connectivity index (χ1n) is 9.30. The SMILES string of the molecule is CC1COc2c(S(=O)(=O)N(Cc3ccccc3)Cc3ccccc3)cnn2C1. The highest BCUT2D eigenvalue weighted by molar-refractivity contribution is 7.89. The van der Waals surface area contributed by atoms with E-state index >= 15 is 0 Å². The fraction of sp³-hybridized carbons (Fsp3) is 0.286. The van der Waals surface area contributed by atoms with Gasteiger partial charge in [0.15, 0.2) is 4.90 Å². The Hall–Kier alpha value is -2.64. The van der Waals surface area contributed by atoms with Crippen molar-refractivity contribution in [3.05, 3.63) is 78.0 Å². The van der Waals surface area contributed by atoms with E-state index in [-0.39, 0.29) is 18.0 Å². The van der Waals surface area contributed by atoms with Gasteiger partial charge in [-0.15, -0.1) is 0 Å². The van der Waals surface area contributed by atoms with E-state index < -0.39 is 10.0 Å². The molecule has 28 heavy (non-hydrogen) atoms. The summed E-state index contributed by atoms with van der Waals surface area (Å²) in [4.78, 5) is 0.131. The molecule has 6 nitrogen and oxygen atoms in total. The summed E-state index contributed by atoms with van der Waals surface area (Å²) < 4.78 is 36.0. The molecule has 0 amide bonds. The van der Waals surface area contributed by atoms with Crippen LogP contribution in [0.4, 0.5) is 0 Å². The van der Waals surface area contributed by atoms with Crippen molar-refractivity contribution < 1.29 is 13.2 Å². The molecule has 4 rings (SSSR count). The second-order valence-corrected chi connectivity index (χ2v) is 9.06. The Morgan fingerprint density at radius 2 is 1.61 bits per heavy atom. The van der Waals surface area contributed by atoms with Gasteiger partial charge in [0.25, 0.3) is 10.0 Å². The second kappa shape index (κ2) is 7.77. The van der Waals surface area contributed by atoms with Crippen molar-refractivity contribution in [3.8, 4) is 5.88 Å². The van der Waals surface area contributed by atoms with E-state index in [1.54, 1.807) is 4.68 Å². The Kier molecular flexibility index (Phi) is 5.19. The van der Waals surface area contributed by atoms with E-state index in [4.69, 9.17) is 4.74 Å². The zero-order valence-corrected chi connectivity index (χ0v) is 16.5. The van der Waals surface area contributed by atoms with Crippen LogP contribution in [0.15, 0.2) is 71.8 Å². The quantitative estimate of drug-likeness (QED) is 0.640. The molecule has 0 saturated carbocycles. The first-order chi connectivity index (χ1) is 13.5. The third-order valence-electron chi connectivity index (χ3n) is 4.77. The predicted octanol–water partition coefficient (Wildman–Crippen LogP) is 3.30. The Labute approximate surface area is 165 Å². The maximum Gasteiger partial charge on any atom is 0.250 e. The average Bonchev–Trinajstić information content (AvgIpc) is 3.13. The Balaban J connectivity index is 1.70. The number of hydrogen-bond donors (Lipinski definition) is 0. The second-order valence-electron chi connectivity index (χ2n) is 7.16. The summed E-state index contributed by atoms with van der Waals surface area (Å²) in [5.74, 6) is 0.636. The van der Waals surface area contributed by atoms with Gasteiger partial charge in [-0.05, 0) is 11.1 Å². The summed E-state index contributed by atoms with van der Waals surface area (Å²) in [5.41, 5.74) is 1.86. The van der Waals surface area contributed by atoms with Crippen LogP contribution in [0.2, 0.25) is 0 Å². The molecule has 0 saturated heterocycles. The number of ether oxygens (including phenoxy) is 1. The van der Waals surface area contributed by atoms with Gasteiger partial charge in [0.1, 0.15) is 0 Å². The van der Waals surface area contributed by atoms with E-state index in [0.717, 1.165) is 11.1 Å². The van der Waals surface area contributed by atoms with Crippen molar-refractivity contribution >= 4 is 10.0 Å². The van der Waals surface area contributed by atoms with Gasteiger partial charge < -0.3 is 4.74 Å². The third-order valence-corrected chi connectivity index (χ3v) is 6.54. The summed E-state index contributed by atoms with van der Waals surface area (Å²) in [6.07, 6.45) is 1.41. The molecule has 1 unspecified atom stereocenters. The first kappa shape index (κ1) is 18.7. The number of fused-ring (bicyclic) bond motifs is 1. The Morgan fingerprint density at radius 1 is 1.04 bits per heavy atom. The number of benzene rings is 2.